The summed E-state index contributed by atoms with van der Waals surface area (Å²) in [6, 6.07) is 21.9. The molecule has 2 aromatic heterocycles. The van der Waals surface area contributed by atoms with Crippen LogP contribution in [-0.2, 0) is 11.3 Å². The third-order valence-electron chi connectivity index (χ3n) is 8.02. The number of rotatable bonds is 9. The molecule has 4 aromatic rings. The first-order valence-electron chi connectivity index (χ1n) is 14.9. The van der Waals surface area contributed by atoms with Crippen LogP contribution in [0.2, 0.25) is 0 Å². The molecule has 10 heteroatoms. The minimum absolute atomic E-state index is 0.0640. The van der Waals surface area contributed by atoms with Gasteiger partial charge < -0.3 is 20.3 Å². The number of hydrogen-bond donors (Lipinski definition) is 2. The maximum absolute atomic E-state index is 12.8. The summed E-state index contributed by atoms with van der Waals surface area (Å²) in [4.78, 5) is 33.8. The molecule has 2 aromatic carbocycles. The third-order valence-corrected chi connectivity index (χ3v) is 8.02. The van der Waals surface area contributed by atoms with Crippen LogP contribution in [0.25, 0.3) is 11.2 Å². The number of nitrogens with zero attached hydrogens (tertiary/aromatic N) is 5. The molecule has 43 heavy (non-hydrogen) atoms. The highest BCUT2D eigenvalue weighted by Gasteiger charge is 2.23. The van der Waals surface area contributed by atoms with Crippen molar-refractivity contribution in [2.24, 2.45) is 5.92 Å². The predicted molar refractivity (Wildman–Crippen MR) is 166 cm³/mol. The van der Waals surface area contributed by atoms with Crippen LogP contribution in [-0.4, -0.2) is 75.7 Å². The van der Waals surface area contributed by atoms with Gasteiger partial charge in [0.05, 0.1) is 6.61 Å². The summed E-state index contributed by atoms with van der Waals surface area (Å²) in [6.45, 7) is 6.95. The van der Waals surface area contributed by atoms with Crippen LogP contribution in [0.5, 0.6) is 0 Å². The first kappa shape index (κ1) is 28.4. The average Bonchev–Trinajstić information content (AvgIpc) is 3.67. The van der Waals surface area contributed by atoms with Crippen LogP contribution in [0.3, 0.4) is 0 Å². The molecule has 0 aliphatic carbocycles. The van der Waals surface area contributed by atoms with E-state index in [0.29, 0.717) is 50.1 Å². The lowest BCUT2D eigenvalue weighted by molar-refractivity contribution is 0.0947. The molecule has 0 bridgehead atoms. The lowest BCUT2D eigenvalue weighted by atomic mass is 10.0. The number of likely N-dealkylation sites (tertiary alicyclic amines) is 1. The lowest BCUT2D eigenvalue weighted by Gasteiger charge is -2.25. The van der Waals surface area contributed by atoms with E-state index in [1.54, 1.807) is 9.42 Å². The van der Waals surface area contributed by atoms with E-state index in [-0.39, 0.29) is 12.0 Å². The number of fused-ring (bicyclic) bond motifs is 1. The first-order chi connectivity index (χ1) is 21.1. The molecule has 0 spiro atoms. The zero-order valence-electron chi connectivity index (χ0n) is 24.4. The highest BCUT2D eigenvalue weighted by Crippen LogP contribution is 2.27. The second-order valence-electron chi connectivity index (χ2n) is 11.0. The Hall–Kier alpha value is -4.70. The van der Waals surface area contributed by atoms with Gasteiger partial charge in [-0.25, -0.2) is 9.31 Å². The quantitative estimate of drug-likeness (QED) is 0.289. The van der Waals surface area contributed by atoms with Crippen LogP contribution >= 0.6 is 0 Å². The fourth-order valence-corrected chi connectivity index (χ4v) is 5.74. The number of nitrogens with one attached hydrogen (secondary N) is 2. The molecular formula is C33H37N7O3. The molecule has 0 saturated carbocycles. The Morgan fingerprint density at radius 2 is 1.86 bits per heavy atom. The minimum atomic E-state index is -0.284. The molecule has 1 saturated heterocycles. The van der Waals surface area contributed by atoms with Crippen LogP contribution in [0, 0.1) is 5.92 Å². The molecule has 10 nitrogen and oxygen atoms in total. The molecule has 1 unspecified atom stereocenters. The number of ether oxygens (including phenoxy) is 1. The molecule has 222 valence electrons. The van der Waals surface area contributed by atoms with Crippen LogP contribution < -0.4 is 10.6 Å². The van der Waals surface area contributed by atoms with Gasteiger partial charge in [-0.15, -0.1) is 5.10 Å². The number of benzene rings is 2. The zero-order valence-corrected chi connectivity index (χ0v) is 24.4. The van der Waals surface area contributed by atoms with Gasteiger partial charge in [0, 0.05) is 55.7 Å². The highest BCUT2D eigenvalue weighted by atomic mass is 16.6. The largest absolute Gasteiger partial charge is 0.450 e. The van der Waals surface area contributed by atoms with Gasteiger partial charge in [0.1, 0.15) is 0 Å². The number of anilines is 2. The van der Waals surface area contributed by atoms with E-state index in [1.165, 1.54) is 5.56 Å². The Morgan fingerprint density at radius 3 is 2.63 bits per heavy atom. The van der Waals surface area contributed by atoms with Gasteiger partial charge in [0.15, 0.2) is 5.65 Å². The van der Waals surface area contributed by atoms with Crippen molar-refractivity contribution in [1.29, 1.82) is 0 Å². The number of pyridine rings is 1. The Morgan fingerprint density at radius 1 is 1.02 bits per heavy atom. The third kappa shape index (κ3) is 6.86. The van der Waals surface area contributed by atoms with Crippen molar-refractivity contribution < 1.29 is 14.3 Å². The topological polar surface area (TPSA) is 104 Å². The van der Waals surface area contributed by atoms with Crippen molar-refractivity contribution in [2.45, 2.75) is 26.3 Å². The van der Waals surface area contributed by atoms with E-state index in [2.05, 4.69) is 51.0 Å². The van der Waals surface area contributed by atoms with Gasteiger partial charge in [0.2, 0.25) is 5.95 Å². The van der Waals surface area contributed by atoms with Crippen LogP contribution in [0.15, 0.2) is 79.0 Å². The van der Waals surface area contributed by atoms with Crippen molar-refractivity contribution in [3.05, 3.63) is 95.7 Å². The van der Waals surface area contributed by atoms with Gasteiger partial charge >= 0.3 is 6.09 Å². The average molecular weight is 580 g/mol. The van der Waals surface area contributed by atoms with Crippen LogP contribution in [0.1, 0.15) is 41.3 Å². The summed E-state index contributed by atoms with van der Waals surface area (Å²) < 4.78 is 6.88. The molecular weight excluding hydrogens is 542 g/mol. The summed E-state index contributed by atoms with van der Waals surface area (Å²) in [5.74, 6) is 0.863. The number of hydrogen-bond acceptors (Lipinski definition) is 7. The van der Waals surface area contributed by atoms with E-state index in [4.69, 9.17) is 9.72 Å². The minimum Gasteiger partial charge on any atom is -0.450 e. The van der Waals surface area contributed by atoms with Crippen LogP contribution in [0.4, 0.5) is 16.4 Å². The summed E-state index contributed by atoms with van der Waals surface area (Å²) in [5.41, 5.74) is 5.60. The molecule has 2 aliphatic heterocycles. The zero-order chi connectivity index (χ0) is 29.6. The lowest BCUT2D eigenvalue weighted by Crippen LogP contribution is -2.35. The monoisotopic (exact) mass is 579 g/mol. The Bertz CT molecular complexity index is 1600. The van der Waals surface area contributed by atoms with Crippen molar-refractivity contribution >= 4 is 34.9 Å². The van der Waals surface area contributed by atoms with E-state index < -0.39 is 0 Å². The first-order valence-corrected chi connectivity index (χ1v) is 14.9. The fourth-order valence-electron chi connectivity index (χ4n) is 5.74. The Balaban J connectivity index is 1.03. The number of carbonyl (C=O) groups is 2. The highest BCUT2D eigenvalue weighted by molar-refractivity contribution is 5.94. The molecule has 2 N–H and O–H groups in total. The standard InChI is InChI=1S/C33H37N7O3/c1-2-43-33(42)39-19-15-26(16-20-39)29-9-6-17-40-30(29)36-32(37-40)35-28-12-10-27(11-13-28)31(41)34-21-25-14-18-38(23-25)22-24-7-4-3-5-8-24/h3-13,15,17,25H,2,14,16,18-23H2,1H3,(H,34,41)(H,35,37). The number of carbonyl (C=O) groups excluding carboxylic acids is 2. The van der Waals surface area contributed by atoms with Gasteiger partial charge in [0.25, 0.3) is 5.91 Å². The molecule has 1 atom stereocenters. The molecule has 2 amide bonds. The molecule has 6 rings (SSSR count). The van der Waals surface area contributed by atoms with Gasteiger partial charge in [-0.2, -0.15) is 4.98 Å². The summed E-state index contributed by atoms with van der Waals surface area (Å²) in [6.07, 6.45) is 5.43. The molecule has 4 heterocycles. The van der Waals surface area contributed by atoms with E-state index in [1.807, 2.05) is 55.6 Å². The number of amides is 2. The van der Waals surface area contributed by atoms with Crippen molar-refractivity contribution in [3.63, 3.8) is 0 Å². The van der Waals surface area contributed by atoms with Gasteiger partial charge in [-0.1, -0.05) is 36.4 Å². The summed E-state index contributed by atoms with van der Waals surface area (Å²) in [5, 5.41) is 11.0. The summed E-state index contributed by atoms with van der Waals surface area (Å²) >= 11 is 0. The smallest absolute Gasteiger partial charge is 0.410 e. The van der Waals surface area contributed by atoms with Gasteiger partial charge in [-0.05, 0) is 79.8 Å². The second kappa shape index (κ2) is 13.1. The molecule has 2 aliphatic rings. The fraction of sp³-hybridized carbons (Fsp3) is 0.333. The predicted octanol–water partition coefficient (Wildman–Crippen LogP) is 4.97. The Labute approximate surface area is 251 Å². The Kier molecular flexibility index (Phi) is 8.65. The van der Waals surface area contributed by atoms with E-state index >= 15 is 0 Å². The molecule has 0 radical (unpaired) electrons. The number of aromatic nitrogens is 3. The van der Waals surface area contributed by atoms with Crippen molar-refractivity contribution in [3.8, 4) is 0 Å². The maximum atomic E-state index is 12.8. The molecule has 1 fully saturated rings. The maximum Gasteiger partial charge on any atom is 0.410 e. The van der Waals surface area contributed by atoms with E-state index in [9.17, 15) is 9.59 Å². The normalized spacial score (nSPS) is 17.1. The second-order valence-corrected chi connectivity index (χ2v) is 11.0. The SMILES string of the molecule is CCOC(=O)N1CC=C(c2cccn3nc(Nc4ccc(C(=O)NCC5CCN(Cc6ccccc6)C5)cc4)nc23)CC1. The van der Waals surface area contributed by atoms with E-state index in [0.717, 1.165) is 48.5 Å². The van der Waals surface area contributed by atoms with Crippen molar-refractivity contribution in [2.75, 3.05) is 44.6 Å². The summed E-state index contributed by atoms with van der Waals surface area (Å²) in [7, 11) is 0. The van der Waals surface area contributed by atoms with Crippen molar-refractivity contribution in [1.82, 2.24) is 29.7 Å². The van der Waals surface area contributed by atoms with Gasteiger partial charge in [-0.3, -0.25) is 9.69 Å².